The number of halogens is 4. The van der Waals surface area contributed by atoms with Crippen molar-refractivity contribution in [3.63, 3.8) is 0 Å². The van der Waals surface area contributed by atoms with Crippen molar-refractivity contribution in [1.82, 2.24) is 10.6 Å². The third-order valence-electron chi connectivity index (χ3n) is 4.28. The number of hydrogen-bond acceptors (Lipinski definition) is 7. The van der Waals surface area contributed by atoms with E-state index in [4.69, 9.17) is 21.1 Å². The number of amides is 4. The number of rotatable bonds is 6. The molecule has 0 spiro atoms. The molecule has 0 bridgehead atoms. The molecule has 2 N–H and O–H groups in total. The van der Waals surface area contributed by atoms with Gasteiger partial charge in [-0.15, -0.1) is 0 Å². The summed E-state index contributed by atoms with van der Waals surface area (Å²) < 4.78 is 49.7. The number of ether oxygens (including phenoxy) is 2. The van der Waals surface area contributed by atoms with E-state index in [-0.39, 0.29) is 28.7 Å². The Morgan fingerprint density at radius 1 is 1.09 bits per heavy atom. The van der Waals surface area contributed by atoms with Gasteiger partial charge in [-0.05, 0) is 42.8 Å². The SMILES string of the molecule is CCOc1cc(C=C2C(=O)NC(=O)NC2=O)cc(Cl)c1Oc1ccc(C(F)(F)F)cc1[N+](=O)[O-]. The van der Waals surface area contributed by atoms with Crippen LogP contribution in [0.2, 0.25) is 5.02 Å². The highest BCUT2D eigenvalue weighted by molar-refractivity contribution is 6.33. The van der Waals surface area contributed by atoms with Gasteiger partial charge in [-0.2, -0.15) is 13.2 Å². The molecule has 0 unspecified atom stereocenters. The number of nitrogens with zero attached hydrogens (tertiary/aromatic N) is 1. The van der Waals surface area contributed by atoms with E-state index in [2.05, 4.69) is 0 Å². The van der Waals surface area contributed by atoms with Crippen LogP contribution in [0, 0.1) is 10.1 Å². The number of carbonyl (C=O) groups is 3. The molecule has 1 heterocycles. The van der Waals surface area contributed by atoms with Gasteiger partial charge in [-0.3, -0.25) is 30.3 Å². The molecule has 1 aliphatic rings. The predicted molar refractivity (Wildman–Crippen MR) is 110 cm³/mol. The molecule has 3 rings (SSSR count). The minimum absolute atomic E-state index is 0.0668. The number of nitro benzene ring substituents is 1. The van der Waals surface area contributed by atoms with Crippen LogP contribution >= 0.6 is 11.6 Å². The number of urea groups is 1. The first-order chi connectivity index (χ1) is 15.9. The van der Waals surface area contributed by atoms with Crippen molar-refractivity contribution in [2.24, 2.45) is 0 Å². The Bertz CT molecular complexity index is 1220. The zero-order valence-corrected chi connectivity index (χ0v) is 17.7. The lowest BCUT2D eigenvalue weighted by molar-refractivity contribution is -0.385. The lowest BCUT2D eigenvalue weighted by Gasteiger charge is -2.16. The third-order valence-corrected chi connectivity index (χ3v) is 4.56. The largest absolute Gasteiger partial charge is 0.490 e. The second kappa shape index (κ2) is 9.39. The van der Waals surface area contributed by atoms with Gasteiger partial charge in [0.1, 0.15) is 5.57 Å². The highest BCUT2D eigenvalue weighted by Gasteiger charge is 2.34. The molecular formula is C20H13ClF3N3O7. The van der Waals surface area contributed by atoms with Crippen LogP contribution in [0.25, 0.3) is 6.08 Å². The number of nitrogens with one attached hydrogen (secondary N) is 2. The molecule has 0 aliphatic carbocycles. The fraction of sp³-hybridized carbons (Fsp3) is 0.150. The average molecular weight is 500 g/mol. The first-order valence-electron chi connectivity index (χ1n) is 9.29. The molecule has 10 nitrogen and oxygen atoms in total. The van der Waals surface area contributed by atoms with Crippen molar-refractivity contribution in [2.75, 3.05) is 6.61 Å². The van der Waals surface area contributed by atoms with Crippen molar-refractivity contribution in [3.8, 4) is 17.2 Å². The maximum atomic E-state index is 12.9. The fourth-order valence-electron chi connectivity index (χ4n) is 2.84. The standard InChI is InChI=1S/C20H13ClF3N3O7/c1-2-33-15-7-9(5-11-17(28)25-19(30)26-18(11)29)6-12(21)16(15)34-14-4-3-10(20(22,23)24)8-13(14)27(31)32/h3-8H,2H2,1H3,(H2,25,26,28,29,30). The van der Waals surface area contributed by atoms with Crippen molar-refractivity contribution in [2.45, 2.75) is 13.1 Å². The monoisotopic (exact) mass is 499 g/mol. The lowest BCUT2D eigenvalue weighted by atomic mass is 10.1. The zero-order chi connectivity index (χ0) is 25.2. The Balaban J connectivity index is 2.04. The minimum Gasteiger partial charge on any atom is -0.490 e. The number of carbonyl (C=O) groups excluding carboxylic acids is 3. The highest BCUT2D eigenvalue weighted by Crippen LogP contribution is 2.44. The average Bonchev–Trinajstić information content (AvgIpc) is 2.72. The molecule has 34 heavy (non-hydrogen) atoms. The van der Waals surface area contributed by atoms with Crippen LogP contribution in [0.4, 0.5) is 23.7 Å². The Hall–Kier alpha value is -4.13. The molecule has 1 aliphatic heterocycles. The molecule has 2 aromatic rings. The van der Waals surface area contributed by atoms with Gasteiger partial charge in [0.15, 0.2) is 11.5 Å². The Kier molecular flexibility index (Phi) is 6.77. The summed E-state index contributed by atoms with van der Waals surface area (Å²) in [6.45, 7) is 1.66. The number of imide groups is 2. The molecule has 0 saturated carbocycles. The molecule has 4 amide bonds. The molecule has 1 fully saturated rings. The Morgan fingerprint density at radius 3 is 2.29 bits per heavy atom. The van der Waals surface area contributed by atoms with Crippen LogP contribution < -0.4 is 20.1 Å². The number of hydrogen-bond donors (Lipinski definition) is 2. The van der Waals surface area contributed by atoms with E-state index in [0.29, 0.717) is 12.1 Å². The van der Waals surface area contributed by atoms with E-state index in [9.17, 15) is 37.7 Å². The summed E-state index contributed by atoms with van der Waals surface area (Å²) >= 11 is 6.23. The molecule has 2 aromatic carbocycles. The van der Waals surface area contributed by atoms with Gasteiger partial charge >= 0.3 is 17.9 Å². The quantitative estimate of drug-likeness (QED) is 0.263. The van der Waals surface area contributed by atoms with Gasteiger partial charge in [-0.25, -0.2) is 4.79 Å². The Morgan fingerprint density at radius 2 is 1.74 bits per heavy atom. The predicted octanol–water partition coefficient (Wildman–Crippen LogP) is 4.21. The molecule has 178 valence electrons. The van der Waals surface area contributed by atoms with E-state index in [1.54, 1.807) is 6.92 Å². The van der Waals surface area contributed by atoms with Gasteiger partial charge in [0.2, 0.25) is 5.75 Å². The van der Waals surface area contributed by atoms with E-state index < -0.39 is 51.5 Å². The number of nitro groups is 1. The maximum absolute atomic E-state index is 12.9. The molecule has 14 heteroatoms. The normalized spacial score (nSPS) is 13.8. The van der Waals surface area contributed by atoms with Crippen LogP contribution in [0.15, 0.2) is 35.9 Å². The first kappa shape index (κ1) is 24.5. The lowest BCUT2D eigenvalue weighted by Crippen LogP contribution is -2.51. The minimum atomic E-state index is -4.81. The van der Waals surface area contributed by atoms with Gasteiger partial charge in [0, 0.05) is 6.07 Å². The van der Waals surface area contributed by atoms with Crippen LogP contribution in [0.5, 0.6) is 17.2 Å². The summed E-state index contributed by atoms with van der Waals surface area (Å²) in [6, 6.07) is 3.23. The van der Waals surface area contributed by atoms with Crippen LogP contribution in [-0.4, -0.2) is 29.4 Å². The van der Waals surface area contributed by atoms with E-state index in [1.807, 2.05) is 10.6 Å². The fourth-order valence-corrected chi connectivity index (χ4v) is 3.10. The number of barbiturate groups is 1. The molecule has 1 saturated heterocycles. The molecule has 0 aromatic heterocycles. The molecule has 0 atom stereocenters. The second-order valence-corrected chi connectivity index (χ2v) is 7.01. The third kappa shape index (κ3) is 5.26. The summed E-state index contributed by atoms with van der Waals surface area (Å²) in [5, 5.41) is 14.9. The van der Waals surface area contributed by atoms with E-state index >= 15 is 0 Å². The summed E-state index contributed by atoms with van der Waals surface area (Å²) in [4.78, 5) is 45.3. The van der Waals surface area contributed by atoms with Crippen molar-refractivity contribution < 1.29 is 42.0 Å². The van der Waals surface area contributed by atoms with Crippen LogP contribution in [0.3, 0.4) is 0 Å². The van der Waals surface area contributed by atoms with Crippen molar-refractivity contribution in [1.29, 1.82) is 0 Å². The van der Waals surface area contributed by atoms with Crippen LogP contribution in [-0.2, 0) is 15.8 Å². The summed E-state index contributed by atoms with van der Waals surface area (Å²) in [7, 11) is 0. The maximum Gasteiger partial charge on any atom is 0.416 e. The van der Waals surface area contributed by atoms with Crippen molar-refractivity contribution >= 4 is 41.2 Å². The van der Waals surface area contributed by atoms with Gasteiger partial charge in [0.25, 0.3) is 11.8 Å². The van der Waals surface area contributed by atoms with Crippen LogP contribution in [0.1, 0.15) is 18.1 Å². The smallest absolute Gasteiger partial charge is 0.416 e. The number of benzene rings is 2. The Labute approximate surface area is 193 Å². The molecule has 0 radical (unpaired) electrons. The highest BCUT2D eigenvalue weighted by atomic mass is 35.5. The second-order valence-electron chi connectivity index (χ2n) is 6.60. The molecular weight excluding hydrogens is 487 g/mol. The topological polar surface area (TPSA) is 137 Å². The van der Waals surface area contributed by atoms with Gasteiger partial charge < -0.3 is 9.47 Å². The van der Waals surface area contributed by atoms with E-state index in [1.165, 1.54) is 12.1 Å². The van der Waals surface area contributed by atoms with Gasteiger partial charge in [0.05, 0.1) is 22.1 Å². The van der Waals surface area contributed by atoms with Gasteiger partial charge in [-0.1, -0.05) is 11.6 Å². The summed E-state index contributed by atoms with van der Waals surface area (Å²) in [5.74, 6) is -2.77. The van der Waals surface area contributed by atoms with E-state index in [0.717, 1.165) is 12.1 Å². The zero-order valence-electron chi connectivity index (χ0n) is 17.0. The summed E-state index contributed by atoms with van der Waals surface area (Å²) in [6.07, 6.45) is -3.70. The van der Waals surface area contributed by atoms with Crippen molar-refractivity contribution in [3.05, 3.63) is 62.2 Å². The number of alkyl halides is 3. The summed E-state index contributed by atoms with van der Waals surface area (Å²) in [5.41, 5.74) is -2.45. The first-order valence-corrected chi connectivity index (χ1v) is 9.66.